The zero-order valence-electron chi connectivity index (χ0n) is 12.7. The number of primary amides is 1. The fraction of sp³-hybridized carbons (Fsp3) is 0.562. The second-order valence-electron chi connectivity index (χ2n) is 5.62. The van der Waals surface area contributed by atoms with E-state index in [2.05, 4.69) is 5.32 Å². The van der Waals surface area contributed by atoms with Gasteiger partial charge in [-0.3, -0.25) is 10.1 Å². The summed E-state index contributed by atoms with van der Waals surface area (Å²) < 4.78 is 11.2. The molecule has 2 atom stereocenters. The first kappa shape index (κ1) is 15.8. The molecular weight excluding hydrogens is 268 g/mol. The van der Waals surface area contributed by atoms with Gasteiger partial charge in [-0.1, -0.05) is 12.1 Å². The number of nitrogens with two attached hydrogens (primary N) is 1. The van der Waals surface area contributed by atoms with Crippen LogP contribution < -0.4 is 15.8 Å². The number of rotatable bonds is 7. The molecular formula is C16H24N2O3. The number of ether oxygens (including phenoxy) is 2. The van der Waals surface area contributed by atoms with Crippen LogP contribution in [0.2, 0.25) is 0 Å². The average Bonchev–Trinajstić information content (AvgIpc) is 2.91. The summed E-state index contributed by atoms with van der Waals surface area (Å²) in [5.74, 6) is 0.349. The molecule has 1 saturated heterocycles. The molecule has 0 aliphatic carbocycles. The molecule has 1 fully saturated rings. The average molecular weight is 292 g/mol. The van der Waals surface area contributed by atoms with Crippen LogP contribution >= 0.6 is 0 Å². The van der Waals surface area contributed by atoms with Crippen LogP contribution in [0.25, 0.3) is 0 Å². The number of hydrogen-bond donors (Lipinski definition) is 2. The highest BCUT2D eigenvalue weighted by atomic mass is 16.5. The van der Waals surface area contributed by atoms with Gasteiger partial charge in [0.2, 0.25) is 5.91 Å². The molecule has 2 rings (SSSR count). The summed E-state index contributed by atoms with van der Waals surface area (Å²) in [4.78, 5) is 11.7. The van der Waals surface area contributed by atoms with E-state index in [-0.39, 0.29) is 12.2 Å². The lowest BCUT2D eigenvalue weighted by Crippen LogP contribution is -2.37. The van der Waals surface area contributed by atoms with E-state index in [1.54, 1.807) is 0 Å². The normalized spacial score (nSPS) is 19.7. The van der Waals surface area contributed by atoms with Gasteiger partial charge in [0, 0.05) is 13.2 Å². The van der Waals surface area contributed by atoms with Gasteiger partial charge < -0.3 is 15.2 Å². The van der Waals surface area contributed by atoms with Gasteiger partial charge in [0.1, 0.15) is 11.8 Å². The minimum absolute atomic E-state index is 0.0899. The van der Waals surface area contributed by atoms with Gasteiger partial charge in [0.05, 0.1) is 12.2 Å². The van der Waals surface area contributed by atoms with E-state index in [0.29, 0.717) is 6.54 Å². The molecule has 0 spiro atoms. The van der Waals surface area contributed by atoms with Crippen molar-refractivity contribution in [3.05, 3.63) is 29.8 Å². The topological polar surface area (TPSA) is 73.6 Å². The molecule has 5 heteroatoms. The minimum Gasteiger partial charge on any atom is -0.491 e. The third-order valence-electron chi connectivity index (χ3n) is 3.42. The molecule has 116 valence electrons. The maximum atomic E-state index is 11.7. The third kappa shape index (κ3) is 4.72. The van der Waals surface area contributed by atoms with Gasteiger partial charge in [-0.05, 0) is 44.4 Å². The molecule has 1 aromatic rings. The Morgan fingerprint density at radius 1 is 1.52 bits per heavy atom. The Labute approximate surface area is 125 Å². The van der Waals surface area contributed by atoms with Crippen molar-refractivity contribution >= 4 is 5.91 Å². The molecule has 0 aromatic heterocycles. The van der Waals surface area contributed by atoms with Crippen molar-refractivity contribution in [1.29, 1.82) is 0 Å². The highest BCUT2D eigenvalue weighted by Crippen LogP contribution is 2.21. The molecule has 3 N–H and O–H groups in total. The summed E-state index contributed by atoms with van der Waals surface area (Å²) in [5.41, 5.74) is 6.34. The fourth-order valence-corrected chi connectivity index (χ4v) is 2.48. The zero-order chi connectivity index (χ0) is 15.2. The predicted octanol–water partition coefficient (Wildman–Crippen LogP) is 1.77. The maximum Gasteiger partial charge on any atom is 0.239 e. The molecule has 0 bridgehead atoms. The van der Waals surface area contributed by atoms with Crippen LogP contribution in [-0.2, 0) is 9.53 Å². The molecule has 0 saturated carbocycles. The van der Waals surface area contributed by atoms with Crippen molar-refractivity contribution in [3.63, 3.8) is 0 Å². The van der Waals surface area contributed by atoms with E-state index in [9.17, 15) is 4.79 Å². The fourth-order valence-electron chi connectivity index (χ4n) is 2.48. The van der Waals surface area contributed by atoms with Crippen molar-refractivity contribution in [2.45, 2.75) is 44.9 Å². The third-order valence-corrected chi connectivity index (χ3v) is 3.42. The molecule has 1 aliphatic rings. The number of hydrogen-bond acceptors (Lipinski definition) is 4. The summed E-state index contributed by atoms with van der Waals surface area (Å²) in [6.07, 6.45) is 2.36. The highest BCUT2D eigenvalue weighted by Gasteiger charge is 2.22. The first-order valence-corrected chi connectivity index (χ1v) is 7.47. The van der Waals surface area contributed by atoms with Gasteiger partial charge in [-0.15, -0.1) is 0 Å². The van der Waals surface area contributed by atoms with Crippen LogP contribution in [-0.4, -0.2) is 31.3 Å². The Balaban J connectivity index is 2.04. The van der Waals surface area contributed by atoms with Crippen molar-refractivity contribution in [1.82, 2.24) is 5.32 Å². The zero-order valence-corrected chi connectivity index (χ0v) is 12.7. The first-order valence-electron chi connectivity index (χ1n) is 7.47. The maximum absolute atomic E-state index is 11.7. The molecule has 21 heavy (non-hydrogen) atoms. The Morgan fingerprint density at radius 2 is 2.33 bits per heavy atom. The lowest BCUT2D eigenvalue weighted by atomic mass is 10.1. The molecule has 0 radical (unpaired) electrons. The highest BCUT2D eigenvalue weighted by molar-refractivity contribution is 5.81. The van der Waals surface area contributed by atoms with E-state index in [1.807, 2.05) is 38.1 Å². The van der Waals surface area contributed by atoms with Crippen molar-refractivity contribution in [3.8, 4) is 5.75 Å². The standard InChI is InChI=1S/C16H24N2O3/c1-11(2)21-13-6-3-5-12(9-13)15(16(17)19)18-10-14-7-4-8-20-14/h3,5-6,9,11,14-15,18H,4,7-8,10H2,1-2H3,(H2,17,19). The quantitative estimate of drug-likeness (QED) is 0.803. The molecule has 2 unspecified atom stereocenters. The smallest absolute Gasteiger partial charge is 0.239 e. The number of nitrogens with one attached hydrogen (secondary N) is 1. The van der Waals surface area contributed by atoms with Crippen LogP contribution in [0.3, 0.4) is 0 Å². The van der Waals surface area contributed by atoms with Gasteiger partial charge in [-0.25, -0.2) is 0 Å². The van der Waals surface area contributed by atoms with Crippen molar-refractivity contribution in [2.75, 3.05) is 13.2 Å². The number of benzene rings is 1. The van der Waals surface area contributed by atoms with E-state index in [0.717, 1.165) is 30.8 Å². The molecule has 1 heterocycles. The summed E-state index contributed by atoms with van der Waals surface area (Å²) >= 11 is 0. The number of carbonyl (C=O) groups is 1. The minimum atomic E-state index is -0.523. The van der Waals surface area contributed by atoms with Gasteiger partial charge in [-0.2, -0.15) is 0 Å². The number of amides is 1. The van der Waals surface area contributed by atoms with Crippen molar-refractivity contribution < 1.29 is 14.3 Å². The lowest BCUT2D eigenvalue weighted by molar-refractivity contribution is -0.120. The second kappa shape index (κ2) is 7.43. The lowest BCUT2D eigenvalue weighted by Gasteiger charge is -2.19. The van der Waals surface area contributed by atoms with Crippen LogP contribution in [0.5, 0.6) is 5.75 Å². The van der Waals surface area contributed by atoms with E-state index >= 15 is 0 Å². The van der Waals surface area contributed by atoms with Crippen LogP contribution in [0.1, 0.15) is 38.3 Å². The Hall–Kier alpha value is -1.59. The predicted molar refractivity (Wildman–Crippen MR) is 81.1 cm³/mol. The SMILES string of the molecule is CC(C)Oc1cccc(C(NCC2CCCO2)C(N)=O)c1. The summed E-state index contributed by atoms with van der Waals surface area (Å²) in [6, 6.07) is 6.96. The second-order valence-corrected chi connectivity index (χ2v) is 5.62. The monoisotopic (exact) mass is 292 g/mol. The molecule has 1 aliphatic heterocycles. The van der Waals surface area contributed by atoms with E-state index in [1.165, 1.54) is 0 Å². The molecule has 1 amide bonds. The van der Waals surface area contributed by atoms with Gasteiger partial charge in [0.15, 0.2) is 0 Å². The van der Waals surface area contributed by atoms with Crippen LogP contribution in [0.15, 0.2) is 24.3 Å². The summed E-state index contributed by atoms with van der Waals surface area (Å²) in [5, 5.41) is 3.20. The van der Waals surface area contributed by atoms with Crippen molar-refractivity contribution in [2.24, 2.45) is 5.73 Å². The Morgan fingerprint density at radius 3 is 2.95 bits per heavy atom. The van der Waals surface area contributed by atoms with Gasteiger partial charge in [0.25, 0.3) is 0 Å². The van der Waals surface area contributed by atoms with Crippen LogP contribution in [0, 0.1) is 0 Å². The van der Waals surface area contributed by atoms with E-state index < -0.39 is 11.9 Å². The molecule has 5 nitrogen and oxygen atoms in total. The molecule has 1 aromatic carbocycles. The Kier molecular flexibility index (Phi) is 5.59. The summed E-state index contributed by atoms with van der Waals surface area (Å²) in [7, 11) is 0. The van der Waals surface area contributed by atoms with Gasteiger partial charge >= 0.3 is 0 Å². The Bertz CT molecular complexity index is 470. The van der Waals surface area contributed by atoms with Crippen LogP contribution in [0.4, 0.5) is 0 Å². The summed E-state index contributed by atoms with van der Waals surface area (Å²) in [6.45, 7) is 5.36. The number of carbonyl (C=O) groups excluding carboxylic acids is 1. The largest absolute Gasteiger partial charge is 0.491 e. The first-order chi connectivity index (χ1) is 10.1. The van der Waals surface area contributed by atoms with E-state index in [4.69, 9.17) is 15.2 Å².